The molecule has 6 nitrogen and oxygen atoms in total. The second kappa shape index (κ2) is 6.15. The van der Waals surface area contributed by atoms with Crippen molar-refractivity contribution in [2.75, 3.05) is 26.2 Å². The van der Waals surface area contributed by atoms with Crippen molar-refractivity contribution in [1.82, 2.24) is 19.8 Å². The summed E-state index contributed by atoms with van der Waals surface area (Å²) >= 11 is 0. The van der Waals surface area contributed by atoms with Crippen LogP contribution in [0.15, 0.2) is 6.33 Å². The van der Waals surface area contributed by atoms with E-state index in [0.717, 1.165) is 44.0 Å². The van der Waals surface area contributed by atoms with E-state index in [1.807, 2.05) is 4.90 Å². The van der Waals surface area contributed by atoms with Gasteiger partial charge in [-0.05, 0) is 13.8 Å². The van der Waals surface area contributed by atoms with Crippen molar-refractivity contribution in [1.29, 1.82) is 0 Å². The van der Waals surface area contributed by atoms with Gasteiger partial charge in [-0.15, -0.1) is 0 Å². The van der Waals surface area contributed by atoms with Crippen LogP contribution in [0, 0.1) is 0 Å². The van der Waals surface area contributed by atoms with Gasteiger partial charge in [-0.2, -0.15) is 0 Å². The molecule has 6 heteroatoms. The molecule has 0 saturated carbocycles. The summed E-state index contributed by atoms with van der Waals surface area (Å²) in [5.41, 5.74) is 2.19. The quantitative estimate of drug-likeness (QED) is 0.895. The molecule has 2 atom stereocenters. The number of carbonyl (C=O) groups is 1. The molecule has 2 aliphatic rings. The van der Waals surface area contributed by atoms with E-state index in [1.54, 1.807) is 6.33 Å². The van der Waals surface area contributed by atoms with Crippen molar-refractivity contribution in [3.8, 4) is 0 Å². The molecular formula is C15H24N4O2. The Hall–Kier alpha value is -1.40. The lowest BCUT2D eigenvalue weighted by atomic mass is 10.1. The Balaban J connectivity index is 1.49. The van der Waals surface area contributed by atoms with Gasteiger partial charge in [-0.3, -0.25) is 9.69 Å². The minimum absolute atomic E-state index is 0.238. The van der Waals surface area contributed by atoms with Crippen LogP contribution in [0.3, 0.4) is 0 Å². The van der Waals surface area contributed by atoms with E-state index in [9.17, 15) is 4.79 Å². The van der Waals surface area contributed by atoms with Crippen molar-refractivity contribution in [3.63, 3.8) is 0 Å². The Bertz CT molecular complexity index is 492. The number of ether oxygens (including phenoxy) is 1. The van der Waals surface area contributed by atoms with Gasteiger partial charge in [0, 0.05) is 39.0 Å². The number of rotatable bonds is 3. The van der Waals surface area contributed by atoms with Crippen LogP contribution in [0.2, 0.25) is 0 Å². The summed E-state index contributed by atoms with van der Waals surface area (Å²) in [5.74, 6) is 0.238. The van der Waals surface area contributed by atoms with Crippen LogP contribution in [0.25, 0.3) is 0 Å². The van der Waals surface area contributed by atoms with Gasteiger partial charge in [0.05, 0.1) is 36.5 Å². The zero-order chi connectivity index (χ0) is 14.8. The summed E-state index contributed by atoms with van der Waals surface area (Å²) in [4.78, 5) is 24.0. The smallest absolute Gasteiger partial charge is 0.224 e. The number of aromatic nitrogens is 2. The van der Waals surface area contributed by atoms with Crippen LogP contribution in [0.4, 0.5) is 0 Å². The summed E-state index contributed by atoms with van der Waals surface area (Å²) in [6, 6.07) is 0. The largest absolute Gasteiger partial charge is 0.373 e. The van der Waals surface area contributed by atoms with Crippen LogP contribution >= 0.6 is 0 Å². The maximum Gasteiger partial charge on any atom is 0.224 e. The lowest BCUT2D eigenvalue weighted by molar-refractivity contribution is -0.133. The van der Waals surface area contributed by atoms with Gasteiger partial charge in [0.1, 0.15) is 0 Å². The summed E-state index contributed by atoms with van der Waals surface area (Å²) < 4.78 is 5.72. The van der Waals surface area contributed by atoms with E-state index in [2.05, 4.69) is 28.7 Å². The van der Waals surface area contributed by atoms with E-state index in [1.165, 1.54) is 0 Å². The maximum atomic E-state index is 12.4. The number of carbonyl (C=O) groups excluding carboxylic acids is 1. The fourth-order valence-electron chi connectivity index (χ4n) is 3.30. The van der Waals surface area contributed by atoms with E-state index >= 15 is 0 Å². The number of imidazole rings is 1. The number of hydrogen-bond donors (Lipinski definition) is 1. The zero-order valence-electron chi connectivity index (χ0n) is 12.8. The fourth-order valence-corrected chi connectivity index (χ4v) is 3.30. The second-order valence-electron chi connectivity index (χ2n) is 6.16. The Labute approximate surface area is 125 Å². The number of fused-ring (bicyclic) bond motifs is 1. The third-order valence-corrected chi connectivity index (χ3v) is 4.26. The maximum absolute atomic E-state index is 12.4. The van der Waals surface area contributed by atoms with E-state index in [0.29, 0.717) is 13.0 Å². The van der Waals surface area contributed by atoms with E-state index in [-0.39, 0.29) is 18.1 Å². The molecule has 21 heavy (non-hydrogen) atoms. The number of amides is 1. The van der Waals surface area contributed by atoms with Gasteiger partial charge in [0.25, 0.3) is 0 Å². The van der Waals surface area contributed by atoms with Gasteiger partial charge >= 0.3 is 0 Å². The molecule has 116 valence electrons. The molecular weight excluding hydrogens is 268 g/mol. The molecule has 0 aromatic carbocycles. The van der Waals surface area contributed by atoms with Crippen molar-refractivity contribution in [2.24, 2.45) is 0 Å². The molecule has 0 bridgehead atoms. The molecule has 1 amide bonds. The fraction of sp³-hybridized carbons (Fsp3) is 0.733. The molecule has 0 radical (unpaired) electrons. The average Bonchev–Trinajstić information content (AvgIpc) is 2.91. The zero-order valence-corrected chi connectivity index (χ0v) is 12.8. The van der Waals surface area contributed by atoms with Crippen molar-refractivity contribution >= 4 is 5.91 Å². The predicted octanol–water partition coefficient (Wildman–Crippen LogP) is 0.794. The molecule has 3 heterocycles. The number of hydrogen-bond acceptors (Lipinski definition) is 4. The normalized spacial score (nSPS) is 26.7. The third-order valence-electron chi connectivity index (χ3n) is 4.26. The monoisotopic (exact) mass is 292 g/mol. The highest BCUT2D eigenvalue weighted by molar-refractivity contribution is 5.76. The molecule has 1 aromatic heterocycles. The van der Waals surface area contributed by atoms with Crippen molar-refractivity contribution < 1.29 is 9.53 Å². The number of nitrogens with zero attached hydrogens (tertiary/aromatic N) is 3. The van der Waals surface area contributed by atoms with Crippen molar-refractivity contribution in [3.05, 3.63) is 17.7 Å². The molecule has 3 rings (SSSR count). The van der Waals surface area contributed by atoms with Crippen LogP contribution < -0.4 is 0 Å². The first-order valence-corrected chi connectivity index (χ1v) is 7.78. The van der Waals surface area contributed by atoms with Gasteiger partial charge in [0.2, 0.25) is 5.91 Å². The number of morpholine rings is 1. The summed E-state index contributed by atoms with van der Waals surface area (Å²) in [7, 11) is 0. The molecule has 1 N–H and O–H groups in total. The second-order valence-corrected chi connectivity index (χ2v) is 6.16. The van der Waals surface area contributed by atoms with Gasteiger partial charge in [-0.25, -0.2) is 4.98 Å². The van der Waals surface area contributed by atoms with Crippen LogP contribution in [0.1, 0.15) is 31.7 Å². The Kier molecular flexibility index (Phi) is 4.26. The Morgan fingerprint density at radius 3 is 2.95 bits per heavy atom. The minimum atomic E-state index is 0.238. The number of aromatic amines is 1. The minimum Gasteiger partial charge on any atom is -0.373 e. The van der Waals surface area contributed by atoms with Crippen LogP contribution in [-0.2, 0) is 22.5 Å². The van der Waals surface area contributed by atoms with Crippen molar-refractivity contribution in [2.45, 2.75) is 45.4 Å². The standard InChI is InChI=1S/C15H24N4O2/c1-11-7-18(8-12(2)21-11)5-4-15(20)19-6-3-13-14(9-19)17-10-16-13/h10-12H,3-9H2,1-2H3,(H,16,17)/t11-,12+. The van der Waals surface area contributed by atoms with Gasteiger partial charge in [-0.1, -0.05) is 0 Å². The van der Waals surface area contributed by atoms with Gasteiger partial charge in [0.15, 0.2) is 0 Å². The molecule has 0 unspecified atom stereocenters. The highest BCUT2D eigenvalue weighted by atomic mass is 16.5. The average molecular weight is 292 g/mol. The SMILES string of the molecule is C[C@@H]1CN(CCC(=O)N2CCc3nc[nH]c3C2)C[C@H](C)O1. The molecule has 1 saturated heterocycles. The van der Waals surface area contributed by atoms with E-state index < -0.39 is 0 Å². The van der Waals surface area contributed by atoms with Crippen LogP contribution in [-0.4, -0.2) is 64.1 Å². The van der Waals surface area contributed by atoms with Crippen LogP contribution in [0.5, 0.6) is 0 Å². The Morgan fingerprint density at radius 1 is 1.43 bits per heavy atom. The molecule has 0 spiro atoms. The lowest BCUT2D eigenvalue weighted by Gasteiger charge is -2.35. The highest BCUT2D eigenvalue weighted by Crippen LogP contribution is 2.16. The third kappa shape index (κ3) is 3.44. The highest BCUT2D eigenvalue weighted by Gasteiger charge is 2.25. The summed E-state index contributed by atoms with van der Waals surface area (Å²) in [5, 5.41) is 0. The first-order chi connectivity index (χ1) is 10.1. The Morgan fingerprint density at radius 2 is 2.19 bits per heavy atom. The molecule has 1 aromatic rings. The van der Waals surface area contributed by atoms with Gasteiger partial charge < -0.3 is 14.6 Å². The summed E-state index contributed by atoms with van der Waals surface area (Å²) in [6.45, 7) is 8.30. The molecule has 0 aliphatic carbocycles. The lowest BCUT2D eigenvalue weighted by Crippen LogP contribution is -2.47. The number of nitrogens with one attached hydrogen (secondary N) is 1. The topological polar surface area (TPSA) is 61.5 Å². The molecule has 1 fully saturated rings. The van der Waals surface area contributed by atoms with E-state index in [4.69, 9.17) is 4.74 Å². The first kappa shape index (κ1) is 14.5. The number of H-pyrrole nitrogens is 1. The predicted molar refractivity (Wildman–Crippen MR) is 78.8 cm³/mol. The first-order valence-electron chi connectivity index (χ1n) is 7.78. The summed E-state index contributed by atoms with van der Waals surface area (Å²) in [6.07, 6.45) is 3.67. The molecule has 2 aliphatic heterocycles.